The minimum Gasteiger partial charge on any atom is -0.496 e. The van der Waals surface area contributed by atoms with Crippen molar-refractivity contribution in [3.8, 4) is 5.75 Å². The Balaban J connectivity index is 2.42. The summed E-state index contributed by atoms with van der Waals surface area (Å²) in [7, 11) is 1.67. The summed E-state index contributed by atoms with van der Waals surface area (Å²) >= 11 is 6.03. The van der Waals surface area contributed by atoms with Crippen molar-refractivity contribution in [1.82, 2.24) is 0 Å². The van der Waals surface area contributed by atoms with Gasteiger partial charge in [0.2, 0.25) is 0 Å². The van der Waals surface area contributed by atoms with Crippen molar-refractivity contribution >= 4 is 11.6 Å². The van der Waals surface area contributed by atoms with E-state index in [1.54, 1.807) is 7.11 Å². The van der Waals surface area contributed by atoms with Gasteiger partial charge in [-0.05, 0) is 42.9 Å². The third-order valence-corrected chi connectivity index (χ3v) is 3.76. The Kier molecular flexibility index (Phi) is 3.13. The number of benzene rings is 1. The molecule has 1 N–H and O–H groups in total. The summed E-state index contributed by atoms with van der Waals surface area (Å²) in [6, 6.07) is 5.69. The van der Waals surface area contributed by atoms with E-state index in [2.05, 4.69) is 6.92 Å². The van der Waals surface area contributed by atoms with Crippen LogP contribution in [0.1, 0.15) is 31.7 Å². The molecule has 2 atom stereocenters. The Hall–Kier alpha value is -0.730. The average Bonchev–Trinajstić information content (AvgIpc) is 2.60. The molecular formula is C13H17ClO2. The second kappa shape index (κ2) is 4.27. The third-order valence-electron chi connectivity index (χ3n) is 3.53. The molecule has 1 aliphatic carbocycles. The highest BCUT2D eigenvalue weighted by Gasteiger charge is 2.37. The number of methoxy groups -OCH3 is 1. The number of rotatable bonds is 2. The molecule has 1 fully saturated rings. The molecule has 0 amide bonds. The quantitative estimate of drug-likeness (QED) is 0.861. The minimum absolute atomic E-state index is 0.0182. The van der Waals surface area contributed by atoms with E-state index < -0.39 is 0 Å². The van der Waals surface area contributed by atoms with E-state index in [4.69, 9.17) is 16.3 Å². The standard InChI is InChI=1S/C13H17ClO2/c1-13(6-5-10(15)8-13)11-7-9(14)3-4-12(11)16-2/h3-4,7,10,15H,5-6,8H2,1-2H3. The van der Waals surface area contributed by atoms with Crippen LogP contribution in [0.2, 0.25) is 5.02 Å². The molecule has 2 rings (SSSR count). The van der Waals surface area contributed by atoms with Gasteiger partial charge in [-0.25, -0.2) is 0 Å². The summed E-state index contributed by atoms with van der Waals surface area (Å²) in [5, 5.41) is 10.4. The molecule has 1 aliphatic rings. The molecule has 0 heterocycles. The van der Waals surface area contributed by atoms with Crippen LogP contribution in [0.4, 0.5) is 0 Å². The van der Waals surface area contributed by atoms with Crippen LogP contribution in [-0.4, -0.2) is 18.3 Å². The first-order chi connectivity index (χ1) is 7.55. The number of ether oxygens (including phenoxy) is 1. The summed E-state index contributed by atoms with van der Waals surface area (Å²) in [4.78, 5) is 0. The Labute approximate surface area is 101 Å². The fourth-order valence-corrected chi connectivity index (χ4v) is 2.78. The topological polar surface area (TPSA) is 29.5 Å². The molecule has 0 bridgehead atoms. The molecule has 1 saturated carbocycles. The first-order valence-corrected chi connectivity index (χ1v) is 5.95. The summed E-state index contributed by atoms with van der Waals surface area (Å²) in [5.74, 6) is 0.862. The van der Waals surface area contributed by atoms with E-state index in [1.165, 1.54) is 0 Å². The molecular weight excluding hydrogens is 224 g/mol. The zero-order valence-electron chi connectivity index (χ0n) is 9.66. The number of aliphatic hydroxyl groups is 1. The predicted octanol–water partition coefficient (Wildman–Crippen LogP) is 3.15. The number of hydrogen-bond donors (Lipinski definition) is 1. The average molecular weight is 241 g/mol. The van der Waals surface area contributed by atoms with Crippen molar-refractivity contribution in [2.24, 2.45) is 0 Å². The first kappa shape index (κ1) is 11.7. The van der Waals surface area contributed by atoms with Gasteiger partial charge < -0.3 is 9.84 Å². The second-order valence-corrected chi connectivity index (χ2v) is 5.24. The second-order valence-electron chi connectivity index (χ2n) is 4.80. The Bertz CT molecular complexity index is 392. The van der Waals surface area contributed by atoms with Crippen molar-refractivity contribution in [1.29, 1.82) is 0 Å². The molecule has 88 valence electrons. The van der Waals surface area contributed by atoms with Crippen LogP contribution in [0.3, 0.4) is 0 Å². The Morgan fingerprint density at radius 1 is 1.50 bits per heavy atom. The summed E-state index contributed by atoms with van der Waals surface area (Å²) < 4.78 is 5.37. The Morgan fingerprint density at radius 2 is 2.25 bits per heavy atom. The van der Waals surface area contributed by atoms with Crippen molar-refractivity contribution < 1.29 is 9.84 Å². The molecule has 16 heavy (non-hydrogen) atoms. The van der Waals surface area contributed by atoms with Gasteiger partial charge in [-0.15, -0.1) is 0 Å². The van der Waals surface area contributed by atoms with Gasteiger partial charge >= 0.3 is 0 Å². The predicted molar refractivity (Wildman–Crippen MR) is 65.2 cm³/mol. The van der Waals surface area contributed by atoms with Gasteiger partial charge in [0.1, 0.15) is 5.75 Å². The van der Waals surface area contributed by atoms with Crippen LogP contribution < -0.4 is 4.74 Å². The lowest BCUT2D eigenvalue weighted by Gasteiger charge is -2.26. The first-order valence-electron chi connectivity index (χ1n) is 5.57. The van der Waals surface area contributed by atoms with Crippen molar-refractivity contribution in [3.05, 3.63) is 28.8 Å². The monoisotopic (exact) mass is 240 g/mol. The van der Waals surface area contributed by atoms with E-state index in [0.29, 0.717) is 0 Å². The van der Waals surface area contributed by atoms with E-state index in [1.807, 2.05) is 18.2 Å². The zero-order valence-corrected chi connectivity index (χ0v) is 10.4. The van der Waals surface area contributed by atoms with Gasteiger partial charge in [-0.2, -0.15) is 0 Å². The maximum absolute atomic E-state index is 9.69. The third kappa shape index (κ3) is 2.04. The van der Waals surface area contributed by atoms with E-state index in [0.717, 1.165) is 35.6 Å². The number of hydrogen-bond acceptors (Lipinski definition) is 2. The van der Waals surface area contributed by atoms with Gasteiger partial charge in [0.05, 0.1) is 13.2 Å². The summed E-state index contributed by atoms with van der Waals surface area (Å²) in [6.07, 6.45) is 2.41. The molecule has 3 heteroatoms. The van der Waals surface area contributed by atoms with Crippen LogP contribution in [-0.2, 0) is 5.41 Å². The highest BCUT2D eigenvalue weighted by Crippen LogP contribution is 2.45. The lowest BCUT2D eigenvalue weighted by molar-refractivity contribution is 0.175. The Morgan fingerprint density at radius 3 is 2.81 bits per heavy atom. The highest BCUT2D eigenvalue weighted by molar-refractivity contribution is 6.30. The number of halogens is 1. The molecule has 2 nitrogen and oxygen atoms in total. The van der Waals surface area contributed by atoms with Gasteiger partial charge in [0.25, 0.3) is 0 Å². The van der Waals surface area contributed by atoms with E-state index in [-0.39, 0.29) is 11.5 Å². The van der Waals surface area contributed by atoms with Gasteiger partial charge in [0.15, 0.2) is 0 Å². The number of aliphatic hydroxyl groups excluding tert-OH is 1. The summed E-state index contributed by atoms with van der Waals surface area (Å²) in [6.45, 7) is 2.16. The van der Waals surface area contributed by atoms with Crippen LogP contribution in [0.15, 0.2) is 18.2 Å². The maximum atomic E-state index is 9.69. The summed E-state index contributed by atoms with van der Waals surface area (Å²) in [5.41, 5.74) is 1.09. The van der Waals surface area contributed by atoms with E-state index in [9.17, 15) is 5.11 Å². The highest BCUT2D eigenvalue weighted by atomic mass is 35.5. The van der Waals surface area contributed by atoms with Gasteiger partial charge in [-0.3, -0.25) is 0 Å². The minimum atomic E-state index is -0.200. The molecule has 0 radical (unpaired) electrons. The van der Waals surface area contributed by atoms with Crippen molar-refractivity contribution in [2.45, 2.75) is 37.7 Å². The molecule has 0 saturated heterocycles. The fourth-order valence-electron chi connectivity index (χ4n) is 2.61. The van der Waals surface area contributed by atoms with Crippen molar-refractivity contribution in [3.63, 3.8) is 0 Å². The van der Waals surface area contributed by atoms with E-state index >= 15 is 0 Å². The SMILES string of the molecule is COc1ccc(Cl)cc1C1(C)CCC(O)C1. The lowest BCUT2D eigenvalue weighted by atomic mass is 9.80. The van der Waals surface area contributed by atoms with Crippen LogP contribution in [0.5, 0.6) is 5.75 Å². The van der Waals surface area contributed by atoms with Gasteiger partial charge in [0, 0.05) is 10.6 Å². The smallest absolute Gasteiger partial charge is 0.122 e. The van der Waals surface area contributed by atoms with Crippen LogP contribution >= 0.6 is 11.6 Å². The molecule has 1 aromatic carbocycles. The van der Waals surface area contributed by atoms with Crippen molar-refractivity contribution in [2.75, 3.05) is 7.11 Å². The normalized spacial score (nSPS) is 29.4. The molecule has 0 spiro atoms. The molecule has 0 aliphatic heterocycles. The van der Waals surface area contributed by atoms with Crippen LogP contribution in [0, 0.1) is 0 Å². The molecule has 0 aromatic heterocycles. The molecule has 2 unspecified atom stereocenters. The fraction of sp³-hybridized carbons (Fsp3) is 0.538. The van der Waals surface area contributed by atoms with Gasteiger partial charge in [-0.1, -0.05) is 18.5 Å². The maximum Gasteiger partial charge on any atom is 0.122 e. The molecule has 1 aromatic rings. The lowest BCUT2D eigenvalue weighted by Crippen LogP contribution is -2.19. The van der Waals surface area contributed by atoms with Crippen LogP contribution in [0.25, 0.3) is 0 Å². The largest absolute Gasteiger partial charge is 0.496 e. The zero-order chi connectivity index (χ0) is 11.8.